The van der Waals surface area contributed by atoms with E-state index >= 15 is 0 Å². The van der Waals surface area contributed by atoms with Gasteiger partial charge in [0.15, 0.2) is 0 Å². The second kappa shape index (κ2) is 7.21. The van der Waals surface area contributed by atoms with Crippen LogP contribution in [-0.2, 0) is 14.8 Å². The normalized spacial score (nSPS) is 23.4. The van der Waals surface area contributed by atoms with Crippen LogP contribution < -0.4 is 4.72 Å². The maximum absolute atomic E-state index is 12.3. The van der Waals surface area contributed by atoms with Crippen molar-refractivity contribution < 1.29 is 13.2 Å². The number of rotatable bonds is 5. The molecule has 2 rings (SSSR count). The number of halogens is 1. The second-order valence-electron chi connectivity index (χ2n) is 5.81. The summed E-state index contributed by atoms with van der Waals surface area (Å²) < 4.78 is 29.1. The molecule has 0 radical (unpaired) electrons. The molecule has 1 fully saturated rings. The lowest BCUT2D eigenvalue weighted by Gasteiger charge is -2.33. The molecule has 0 aliphatic carbocycles. The van der Waals surface area contributed by atoms with Gasteiger partial charge in [-0.25, -0.2) is 17.1 Å². The lowest BCUT2D eigenvalue weighted by atomic mass is 9.91. The van der Waals surface area contributed by atoms with Gasteiger partial charge >= 0.3 is 0 Å². The number of nitrogens with zero attached hydrogens (tertiary/aromatic N) is 1. The van der Waals surface area contributed by atoms with E-state index in [4.69, 9.17) is 0 Å². The molecule has 1 saturated heterocycles. The number of hydrogen-bond donors (Lipinski definition) is 1. The fourth-order valence-corrected chi connectivity index (χ4v) is 4.36. The highest BCUT2D eigenvalue weighted by atomic mass is 79.9. The number of nitrogens with one attached hydrogen (secondary N) is 1. The molecular weight excluding hydrogens is 368 g/mol. The number of carbonyl (C=O) groups excluding carboxylic acids is 1. The van der Waals surface area contributed by atoms with Gasteiger partial charge in [0.2, 0.25) is 10.0 Å². The number of aryl methyl sites for hydroxylation is 1. The maximum atomic E-state index is 12.3. The van der Waals surface area contributed by atoms with Crippen LogP contribution in [0.5, 0.6) is 0 Å². The summed E-state index contributed by atoms with van der Waals surface area (Å²) in [5, 5.41) is 0. The fourth-order valence-electron chi connectivity index (χ4n) is 2.59. The first-order valence-corrected chi connectivity index (χ1v) is 9.48. The van der Waals surface area contributed by atoms with Gasteiger partial charge in [0.1, 0.15) is 5.78 Å². The van der Waals surface area contributed by atoms with E-state index in [1.54, 1.807) is 31.2 Å². The van der Waals surface area contributed by atoms with E-state index < -0.39 is 10.0 Å². The summed E-state index contributed by atoms with van der Waals surface area (Å²) in [5.74, 6) is 0.269. The molecule has 1 aromatic carbocycles. The fraction of sp³-hybridized carbons (Fsp3) is 0.533. The molecule has 22 heavy (non-hydrogen) atoms. The van der Waals surface area contributed by atoms with Gasteiger partial charge in [0.25, 0.3) is 0 Å². The van der Waals surface area contributed by atoms with E-state index in [1.807, 2.05) is 10.8 Å². The molecule has 7 heteroatoms. The van der Waals surface area contributed by atoms with Gasteiger partial charge in [0, 0.05) is 29.2 Å². The van der Waals surface area contributed by atoms with Crippen LogP contribution in [0.2, 0.25) is 0 Å². The van der Waals surface area contributed by atoms with E-state index in [0.717, 1.165) is 18.5 Å². The lowest BCUT2D eigenvalue weighted by Crippen LogP contribution is -2.43. The molecule has 0 spiro atoms. The lowest BCUT2D eigenvalue weighted by molar-refractivity contribution is -0.121. The Morgan fingerprint density at radius 3 is 2.59 bits per heavy atom. The smallest absolute Gasteiger partial charge is 0.240 e. The predicted molar refractivity (Wildman–Crippen MR) is 89.2 cm³/mol. The minimum absolute atomic E-state index is 0.1000. The molecule has 0 bridgehead atoms. The highest BCUT2D eigenvalue weighted by molar-refractivity contribution is 9.07. The van der Waals surface area contributed by atoms with E-state index in [-0.39, 0.29) is 22.6 Å². The first kappa shape index (κ1) is 17.6. The Balaban J connectivity index is 1.97. The number of benzene rings is 1. The SMILES string of the molecule is CC(=O)C1CC(CNS(=O)(=O)c2ccc(C)cc2)CCN1Br. The van der Waals surface area contributed by atoms with E-state index in [9.17, 15) is 13.2 Å². The summed E-state index contributed by atoms with van der Waals surface area (Å²) in [7, 11) is -3.49. The molecular formula is C15H21BrN2O3S. The monoisotopic (exact) mass is 388 g/mol. The standard InChI is InChI=1S/C15H21BrN2O3S/c1-11-3-5-14(6-4-11)22(20,21)17-10-13-7-8-18(16)15(9-13)12(2)19/h3-6,13,15,17H,7-10H2,1-2H3. The molecule has 5 nitrogen and oxygen atoms in total. The molecule has 122 valence electrons. The summed E-state index contributed by atoms with van der Waals surface area (Å²) in [5.41, 5.74) is 1.02. The Hall–Kier alpha value is -0.760. The number of sulfonamides is 1. The molecule has 0 amide bonds. The van der Waals surface area contributed by atoms with Crippen molar-refractivity contribution in [3.8, 4) is 0 Å². The van der Waals surface area contributed by atoms with Gasteiger partial charge in [0.05, 0.1) is 10.9 Å². The summed E-state index contributed by atoms with van der Waals surface area (Å²) in [6, 6.07) is 6.60. The average molecular weight is 389 g/mol. The zero-order valence-electron chi connectivity index (χ0n) is 12.8. The third-order valence-corrected chi connectivity index (χ3v) is 6.30. The van der Waals surface area contributed by atoms with E-state index in [0.29, 0.717) is 13.0 Å². The molecule has 2 atom stereocenters. The molecule has 0 saturated carbocycles. The van der Waals surface area contributed by atoms with Crippen molar-refractivity contribution in [2.24, 2.45) is 5.92 Å². The summed E-state index contributed by atoms with van der Waals surface area (Å²) >= 11 is 3.39. The average Bonchev–Trinajstić information content (AvgIpc) is 2.46. The Bertz CT molecular complexity index is 631. The van der Waals surface area contributed by atoms with Gasteiger partial charge < -0.3 is 0 Å². The van der Waals surface area contributed by atoms with Crippen molar-refractivity contribution in [3.05, 3.63) is 29.8 Å². The Labute approximate surface area is 140 Å². The molecule has 1 N–H and O–H groups in total. The largest absolute Gasteiger partial charge is 0.298 e. The first-order valence-electron chi connectivity index (χ1n) is 7.29. The maximum Gasteiger partial charge on any atom is 0.240 e. The van der Waals surface area contributed by atoms with Crippen LogP contribution in [0.1, 0.15) is 25.3 Å². The van der Waals surface area contributed by atoms with Gasteiger partial charge in [-0.05, 0) is 44.7 Å². The number of Topliss-reactive ketones (excluding diaryl/α,β-unsaturated/α-hetero) is 1. The highest BCUT2D eigenvalue weighted by Gasteiger charge is 2.30. The minimum Gasteiger partial charge on any atom is -0.298 e. The van der Waals surface area contributed by atoms with Crippen molar-refractivity contribution in [1.29, 1.82) is 0 Å². The molecule has 1 aliphatic rings. The number of ketones is 1. The summed E-state index contributed by atoms with van der Waals surface area (Å²) in [6.45, 7) is 4.58. The Morgan fingerprint density at radius 1 is 1.36 bits per heavy atom. The van der Waals surface area contributed by atoms with Gasteiger partial charge in [-0.15, -0.1) is 0 Å². The van der Waals surface area contributed by atoms with Crippen LogP contribution in [0.25, 0.3) is 0 Å². The topological polar surface area (TPSA) is 66.5 Å². The van der Waals surface area contributed by atoms with Crippen LogP contribution in [0, 0.1) is 12.8 Å². The van der Waals surface area contributed by atoms with Crippen LogP contribution in [-0.4, -0.2) is 37.3 Å². The van der Waals surface area contributed by atoms with Crippen molar-refractivity contribution in [2.75, 3.05) is 13.1 Å². The number of piperidine rings is 1. The molecule has 0 aromatic heterocycles. The highest BCUT2D eigenvalue weighted by Crippen LogP contribution is 2.26. The molecule has 2 unspecified atom stereocenters. The first-order chi connectivity index (χ1) is 10.3. The zero-order chi connectivity index (χ0) is 16.3. The number of carbonyl (C=O) groups is 1. The van der Waals surface area contributed by atoms with Gasteiger partial charge in [-0.2, -0.15) is 0 Å². The second-order valence-corrected chi connectivity index (χ2v) is 8.48. The van der Waals surface area contributed by atoms with Crippen molar-refractivity contribution >= 4 is 32.0 Å². The van der Waals surface area contributed by atoms with Gasteiger partial charge in [-0.1, -0.05) is 17.7 Å². The van der Waals surface area contributed by atoms with Crippen molar-refractivity contribution in [3.63, 3.8) is 0 Å². The van der Waals surface area contributed by atoms with Crippen LogP contribution in [0.3, 0.4) is 0 Å². The van der Waals surface area contributed by atoms with Gasteiger partial charge in [-0.3, -0.25) is 4.79 Å². The summed E-state index contributed by atoms with van der Waals surface area (Å²) in [4.78, 5) is 11.9. The predicted octanol–water partition coefficient (Wildman–Crippen LogP) is 2.25. The van der Waals surface area contributed by atoms with Crippen LogP contribution in [0.15, 0.2) is 29.2 Å². The quantitative estimate of drug-likeness (QED) is 0.785. The van der Waals surface area contributed by atoms with E-state index in [2.05, 4.69) is 20.9 Å². The Kier molecular flexibility index (Phi) is 5.76. The Morgan fingerprint density at radius 2 is 2.00 bits per heavy atom. The van der Waals surface area contributed by atoms with Crippen LogP contribution >= 0.6 is 16.1 Å². The summed E-state index contributed by atoms with van der Waals surface area (Å²) in [6.07, 6.45) is 1.52. The third kappa shape index (κ3) is 4.38. The van der Waals surface area contributed by atoms with Crippen LogP contribution in [0.4, 0.5) is 0 Å². The number of hydrogen-bond acceptors (Lipinski definition) is 4. The van der Waals surface area contributed by atoms with Crippen molar-refractivity contribution in [1.82, 2.24) is 8.65 Å². The van der Waals surface area contributed by atoms with E-state index in [1.165, 1.54) is 0 Å². The third-order valence-electron chi connectivity index (χ3n) is 4.01. The molecule has 1 heterocycles. The molecule has 1 aromatic rings. The molecule has 1 aliphatic heterocycles. The minimum atomic E-state index is -3.49. The zero-order valence-corrected chi connectivity index (χ0v) is 15.2. The van der Waals surface area contributed by atoms with Crippen molar-refractivity contribution in [2.45, 2.75) is 37.6 Å².